The van der Waals surface area contributed by atoms with Crippen molar-refractivity contribution >= 4 is 0 Å². The number of benzene rings is 1. The van der Waals surface area contributed by atoms with Crippen molar-refractivity contribution in [2.24, 2.45) is 0 Å². The molecule has 0 bridgehead atoms. The minimum Gasteiger partial charge on any atom is -0.489 e. The maximum absolute atomic E-state index is 10.4. The largest absolute Gasteiger partial charge is 0.489 e. The summed E-state index contributed by atoms with van der Waals surface area (Å²) in [5.41, 5.74) is 1.87. The molecule has 0 spiro atoms. The molecule has 0 aliphatic carbocycles. The van der Waals surface area contributed by atoms with Gasteiger partial charge >= 0.3 is 0 Å². The third-order valence-corrected chi connectivity index (χ3v) is 3.05. The molecular formula is C17H25NO2. The van der Waals surface area contributed by atoms with Crippen LogP contribution in [0.1, 0.15) is 31.9 Å². The summed E-state index contributed by atoms with van der Waals surface area (Å²) in [6, 6.07) is 7.58. The first-order valence-electron chi connectivity index (χ1n) is 6.98. The molecule has 1 aromatic rings. The molecule has 0 saturated heterocycles. The number of aliphatic hydroxyl groups excluding tert-OH is 1. The summed E-state index contributed by atoms with van der Waals surface area (Å²) >= 11 is 0. The van der Waals surface area contributed by atoms with Crippen LogP contribution in [-0.2, 0) is 0 Å². The number of ether oxygens (including phenoxy) is 1. The maximum atomic E-state index is 10.4. The zero-order valence-electron chi connectivity index (χ0n) is 12.4. The van der Waals surface area contributed by atoms with E-state index in [1.807, 2.05) is 38.1 Å². The Morgan fingerprint density at radius 1 is 1.40 bits per heavy atom. The van der Waals surface area contributed by atoms with Gasteiger partial charge in [0.2, 0.25) is 0 Å². The quantitative estimate of drug-likeness (QED) is 0.680. The van der Waals surface area contributed by atoms with E-state index in [0.717, 1.165) is 23.3 Å². The van der Waals surface area contributed by atoms with Crippen LogP contribution in [0.25, 0.3) is 0 Å². The van der Waals surface area contributed by atoms with E-state index >= 15 is 0 Å². The van der Waals surface area contributed by atoms with Crippen molar-refractivity contribution in [3.8, 4) is 5.75 Å². The fourth-order valence-electron chi connectivity index (χ4n) is 1.91. The lowest BCUT2D eigenvalue weighted by Gasteiger charge is -2.23. The fourth-order valence-corrected chi connectivity index (χ4v) is 1.91. The van der Waals surface area contributed by atoms with Gasteiger partial charge in [-0.15, -0.1) is 6.58 Å². The van der Waals surface area contributed by atoms with Gasteiger partial charge in [-0.05, 0) is 36.6 Å². The van der Waals surface area contributed by atoms with Gasteiger partial charge in [-0.25, -0.2) is 0 Å². The van der Waals surface area contributed by atoms with Crippen LogP contribution in [0.15, 0.2) is 49.1 Å². The SMILES string of the molecule is C=CCNC(CC)C(O)c1ccc(OCC(=C)C)cc1. The molecular weight excluding hydrogens is 250 g/mol. The molecule has 0 radical (unpaired) electrons. The molecule has 3 nitrogen and oxygen atoms in total. The molecule has 2 N–H and O–H groups in total. The van der Waals surface area contributed by atoms with Gasteiger partial charge in [0.05, 0.1) is 6.10 Å². The highest BCUT2D eigenvalue weighted by atomic mass is 16.5. The standard InChI is InChI=1S/C17H25NO2/c1-5-11-18-16(6-2)17(19)14-7-9-15(10-8-14)20-12-13(3)4/h5,7-10,16-19H,1,3,6,11-12H2,2,4H3. The monoisotopic (exact) mass is 275 g/mol. The lowest BCUT2D eigenvalue weighted by molar-refractivity contribution is 0.128. The Morgan fingerprint density at radius 3 is 2.55 bits per heavy atom. The summed E-state index contributed by atoms with van der Waals surface area (Å²) in [4.78, 5) is 0. The summed E-state index contributed by atoms with van der Waals surface area (Å²) in [7, 11) is 0. The van der Waals surface area contributed by atoms with Gasteiger partial charge in [0.1, 0.15) is 12.4 Å². The summed E-state index contributed by atoms with van der Waals surface area (Å²) < 4.78 is 5.54. The van der Waals surface area contributed by atoms with Gasteiger partial charge in [0, 0.05) is 12.6 Å². The van der Waals surface area contributed by atoms with Crippen LogP contribution in [0.5, 0.6) is 5.75 Å². The van der Waals surface area contributed by atoms with E-state index in [1.165, 1.54) is 0 Å². The van der Waals surface area contributed by atoms with Crippen LogP contribution in [0.2, 0.25) is 0 Å². The number of aliphatic hydroxyl groups is 1. The summed E-state index contributed by atoms with van der Waals surface area (Å²) in [5, 5.41) is 13.6. The van der Waals surface area contributed by atoms with Crippen molar-refractivity contribution in [2.75, 3.05) is 13.2 Å². The zero-order valence-corrected chi connectivity index (χ0v) is 12.4. The van der Waals surface area contributed by atoms with Gasteiger partial charge in [-0.3, -0.25) is 0 Å². The Kier molecular flexibility index (Phi) is 7.05. The average Bonchev–Trinajstić information content (AvgIpc) is 2.46. The Bertz CT molecular complexity index is 425. The fraction of sp³-hybridized carbons (Fsp3) is 0.412. The predicted molar refractivity (Wildman–Crippen MR) is 84.0 cm³/mol. The molecule has 20 heavy (non-hydrogen) atoms. The smallest absolute Gasteiger partial charge is 0.119 e. The molecule has 0 aliphatic heterocycles. The molecule has 0 fully saturated rings. The molecule has 0 aromatic heterocycles. The second-order valence-corrected chi connectivity index (χ2v) is 4.97. The lowest BCUT2D eigenvalue weighted by Crippen LogP contribution is -2.34. The van der Waals surface area contributed by atoms with E-state index < -0.39 is 6.10 Å². The Morgan fingerprint density at radius 2 is 2.05 bits per heavy atom. The van der Waals surface area contributed by atoms with Crippen LogP contribution < -0.4 is 10.1 Å². The molecule has 0 heterocycles. The third-order valence-electron chi connectivity index (χ3n) is 3.05. The first kappa shape index (κ1) is 16.5. The molecule has 1 aromatic carbocycles. The van der Waals surface area contributed by atoms with Crippen LogP contribution in [0.3, 0.4) is 0 Å². The van der Waals surface area contributed by atoms with Crippen molar-refractivity contribution in [1.29, 1.82) is 0 Å². The predicted octanol–water partition coefficient (Wildman–Crippen LogP) is 3.23. The lowest BCUT2D eigenvalue weighted by atomic mass is 10.00. The topological polar surface area (TPSA) is 41.5 Å². The zero-order chi connectivity index (χ0) is 15.0. The molecule has 0 aliphatic rings. The Balaban J connectivity index is 2.65. The van der Waals surface area contributed by atoms with Gasteiger partial charge in [0.15, 0.2) is 0 Å². The molecule has 0 saturated carbocycles. The van der Waals surface area contributed by atoms with Crippen LogP contribution in [-0.4, -0.2) is 24.3 Å². The molecule has 3 heteroatoms. The summed E-state index contributed by atoms with van der Waals surface area (Å²) in [6.07, 6.45) is 2.11. The van der Waals surface area contributed by atoms with Crippen LogP contribution in [0, 0.1) is 0 Å². The van der Waals surface area contributed by atoms with Gasteiger partial charge < -0.3 is 15.2 Å². The second-order valence-electron chi connectivity index (χ2n) is 4.97. The number of rotatable bonds is 9. The molecule has 110 valence electrons. The van der Waals surface area contributed by atoms with Gasteiger partial charge in [-0.1, -0.05) is 31.7 Å². The minimum atomic E-state index is -0.532. The van der Waals surface area contributed by atoms with Crippen molar-refractivity contribution in [3.05, 3.63) is 54.6 Å². The van der Waals surface area contributed by atoms with Gasteiger partial charge in [0.25, 0.3) is 0 Å². The van der Waals surface area contributed by atoms with Crippen LogP contribution >= 0.6 is 0 Å². The normalized spacial score (nSPS) is 13.6. The van der Waals surface area contributed by atoms with E-state index in [0.29, 0.717) is 13.2 Å². The van der Waals surface area contributed by atoms with Crippen molar-refractivity contribution in [3.63, 3.8) is 0 Å². The Labute approximate surface area is 122 Å². The van der Waals surface area contributed by atoms with Crippen molar-refractivity contribution < 1.29 is 9.84 Å². The highest BCUT2D eigenvalue weighted by Gasteiger charge is 2.18. The number of hydrogen-bond donors (Lipinski definition) is 2. The maximum Gasteiger partial charge on any atom is 0.119 e. The minimum absolute atomic E-state index is 0.0233. The summed E-state index contributed by atoms with van der Waals surface area (Å²) in [6.45, 7) is 12.7. The number of nitrogens with one attached hydrogen (secondary N) is 1. The molecule has 2 unspecified atom stereocenters. The molecule has 0 amide bonds. The van der Waals surface area contributed by atoms with Crippen molar-refractivity contribution in [2.45, 2.75) is 32.4 Å². The summed E-state index contributed by atoms with van der Waals surface area (Å²) in [5.74, 6) is 0.788. The van der Waals surface area contributed by atoms with Crippen LogP contribution in [0.4, 0.5) is 0 Å². The van der Waals surface area contributed by atoms with Gasteiger partial charge in [-0.2, -0.15) is 0 Å². The van der Waals surface area contributed by atoms with E-state index in [4.69, 9.17) is 4.74 Å². The second kappa shape index (κ2) is 8.56. The first-order valence-corrected chi connectivity index (χ1v) is 6.98. The average molecular weight is 275 g/mol. The van der Waals surface area contributed by atoms with E-state index in [2.05, 4.69) is 18.5 Å². The highest BCUT2D eigenvalue weighted by Crippen LogP contribution is 2.22. The Hall–Kier alpha value is -1.58. The highest BCUT2D eigenvalue weighted by molar-refractivity contribution is 5.29. The van der Waals surface area contributed by atoms with Crippen molar-refractivity contribution in [1.82, 2.24) is 5.32 Å². The molecule has 1 rings (SSSR count). The molecule has 2 atom stereocenters. The van der Waals surface area contributed by atoms with E-state index in [-0.39, 0.29) is 6.04 Å². The first-order chi connectivity index (χ1) is 9.58. The van der Waals surface area contributed by atoms with E-state index in [1.54, 1.807) is 6.08 Å². The number of hydrogen-bond acceptors (Lipinski definition) is 3. The van der Waals surface area contributed by atoms with E-state index in [9.17, 15) is 5.11 Å². The third kappa shape index (κ3) is 5.19.